The summed E-state index contributed by atoms with van der Waals surface area (Å²) in [5.74, 6) is -1.39. The molecule has 1 saturated carbocycles. The lowest BCUT2D eigenvalue weighted by molar-refractivity contribution is -0.139. The van der Waals surface area contributed by atoms with Gasteiger partial charge in [0.2, 0.25) is 5.91 Å². The first-order valence-corrected chi connectivity index (χ1v) is 12.5. The van der Waals surface area contributed by atoms with Crippen LogP contribution < -0.4 is 5.32 Å². The molecule has 0 bridgehead atoms. The largest absolute Gasteiger partial charge is 0.416 e. The molecule has 0 unspecified atom stereocenters. The Labute approximate surface area is 212 Å². The SMILES string of the molecule is CC1(C)OC[C@H](c2cnc(NC(=O)[C@H](CC3CCCC3)N3Cc4c(cccc4C(F)(F)F)C3=O)cn2)O1. The summed E-state index contributed by atoms with van der Waals surface area (Å²) < 4.78 is 52.2. The van der Waals surface area contributed by atoms with Crippen molar-refractivity contribution in [2.45, 2.75) is 76.6 Å². The number of amides is 2. The van der Waals surface area contributed by atoms with E-state index in [4.69, 9.17) is 9.47 Å². The number of alkyl halides is 3. The second kappa shape index (κ2) is 9.68. The molecule has 1 aromatic heterocycles. The number of nitrogens with one attached hydrogen (secondary N) is 1. The first kappa shape index (κ1) is 25.6. The van der Waals surface area contributed by atoms with Gasteiger partial charge in [0.25, 0.3) is 5.91 Å². The predicted octanol–water partition coefficient (Wildman–Crippen LogP) is 4.86. The zero-order chi connectivity index (χ0) is 26.4. The van der Waals surface area contributed by atoms with Crippen LogP contribution in [-0.2, 0) is 27.0 Å². The molecule has 2 amide bonds. The van der Waals surface area contributed by atoms with Crippen molar-refractivity contribution in [2.75, 3.05) is 11.9 Å². The monoisotopic (exact) mass is 518 g/mol. The summed E-state index contributed by atoms with van der Waals surface area (Å²) in [5, 5.41) is 2.72. The quantitative estimate of drug-likeness (QED) is 0.587. The van der Waals surface area contributed by atoms with Crippen LogP contribution in [0.15, 0.2) is 30.6 Å². The van der Waals surface area contributed by atoms with E-state index in [1.807, 2.05) is 0 Å². The summed E-state index contributed by atoms with van der Waals surface area (Å²) in [5.41, 5.74) is -0.389. The highest BCUT2D eigenvalue weighted by Crippen LogP contribution is 2.39. The summed E-state index contributed by atoms with van der Waals surface area (Å²) in [6.07, 6.45) is 2.18. The lowest BCUT2D eigenvalue weighted by Crippen LogP contribution is -2.45. The zero-order valence-corrected chi connectivity index (χ0v) is 20.7. The Kier molecular flexibility index (Phi) is 6.70. The number of hydrogen-bond acceptors (Lipinski definition) is 6. The van der Waals surface area contributed by atoms with E-state index >= 15 is 0 Å². The third-order valence-electron chi connectivity index (χ3n) is 7.27. The van der Waals surface area contributed by atoms with Crippen LogP contribution in [0, 0.1) is 5.92 Å². The molecule has 5 rings (SSSR count). The van der Waals surface area contributed by atoms with Crippen LogP contribution in [0.5, 0.6) is 0 Å². The van der Waals surface area contributed by atoms with E-state index in [1.54, 1.807) is 13.8 Å². The molecular formula is C26H29F3N4O4. The summed E-state index contributed by atoms with van der Waals surface area (Å²) >= 11 is 0. The van der Waals surface area contributed by atoms with Gasteiger partial charge in [-0.1, -0.05) is 31.7 Å². The molecule has 0 spiro atoms. The molecule has 2 aliphatic heterocycles. The van der Waals surface area contributed by atoms with Crippen LogP contribution in [0.3, 0.4) is 0 Å². The number of aromatic nitrogens is 2. The van der Waals surface area contributed by atoms with Gasteiger partial charge in [-0.25, -0.2) is 4.98 Å². The lowest BCUT2D eigenvalue weighted by atomic mass is 9.96. The third-order valence-corrected chi connectivity index (χ3v) is 7.27. The molecule has 11 heteroatoms. The Bertz CT molecular complexity index is 1180. The summed E-state index contributed by atoms with van der Waals surface area (Å²) in [4.78, 5) is 36.5. The van der Waals surface area contributed by atoms with Crippen molar-refractivity contribution in [1.29, 1.82) is 0 Å². The molecule has 0 radical (unpaired) electrons. The number of carbonyl (C=O) groups is 2. The van der Waals surface area contributed by atoms with Crippen molar-refractivity contribution in [1.82, 2.24) is 14.9 Å². The molecule has 1 saturated heterocycles. The Morgan fingerprint density at radius 1 is 1.22 bits per heavy atom. The maximum absolute atomic E-state index is 13.6. The molecule has 3 heterocycles. The number of ether oxygens (including phenoxy) is 2. The van der Waals surface area contributed by atoms with Crippen LogP contribution in [0.2, 0.25) is 0 Å². The maximum Gasteiger partial charge on any atom is 0.416 e. The second-order valence-corrected chi connectivity index (χ2v) is 10.3. The predicted molar refractivity (Wildman–Crippen MR) is 126 cm³/mol. The standard InChI is InChI=1S/C26H29F3N4O4/c1-25(2)36-14-21(37-25)19-11-31-22(12-30-19)32-23(34)20(10-15-6-3-4-7-15)33-13-17-16(24(33)35)8-5-9-18(17)26(27,28)29/h5,8-9,11-12,15,20-21H,3-4,6-7,10,13-14H2,1-2H3,(H,31,32,34)/t20-,21+/m0/s1. The highest BCUT2D eigenvalue weighted by molar-refractivity contribution is 6.03. The number of rotatable bonds is 6. The molecule has 1 aliphatic carbocycles. The zero-order valence-electron chi connectivity index (χ0n) is 20.7. The average molecular weight is 519 g/mol. The summed E-state index contributed by atoms with van der Waals surface area (Å²) in [6, 6.07) is 2.65. The van der Waals surface area contributed by atoms with Crippen molar-refractivity contribution in [3.8, 4) is 0 Å². The van der Waals surface area contributed by atoms with Crippen molar-refractivity contribution in [3.05, 3.63) is 53.0 Å². The minimum absolute atomic E-state index is 0.00935. The van der Waals surface area contributed by atoms with Crippen LogP contribution in [0.4, 0.5) is 19.0 Å². The highest BCUT2D eigenvalue weighted by atomic mass is 19.4. The Morgan fingerprint density at radius 2 is 1.97 bits per heavy atom. The Balaban J connectivity index is 1.35. The van der Waals surface area contributed by atoms with Crippen molar-refractivity contribution >= 4 is 17.6 Å². The van der Waals surface area contributed by atoms with E-state index in [2.05, 4.69) is 15.3 Å². The molecule has 1 N–H and O–H groups in total. The van der Waals surface area contributed by atoms with Crippen molar-refractivity contribution in [3.63, 3.8) is 0 Å². The number of nitrogens with zero attached hydrogens (tertiary/aromatic N) is 3. The van der Waals surface area contributed by atoms with E-state index < -0.39 is 35.4 Å². The molecule has 37 heavy (non-hydrogen) atoms. The maximum atomic E-state index is 13.6. The topological polar surface area (TPSA) is 93.7 Å². The number of carbonyl (C=O) groups excluding carboxylic acids is 2. The number of anilines is 1. The van der Waals surface area contributed by atoms with Gasteiger partial charge in [0, 0.05) is 12.1 Å². The second-order valence-electron chi connectivity index (χ2n) is 10.3. The average Bonchev–Trinajstić information content (AvgIpc) is 3.56. The number of halogens is 3. The van der Waals surface area contributed by atoms with Gasteiger partial charge in [-0.15, -0.1) is 0 Å². The van der Waals surface area contributed by atoms with E-state index in [1.165, 1.54) is 29.4 Å². The Hall–Kier alpha value is -3.05. The van der Waals surface area contributed by atoms with Crippen molar-refractivity contribution < 1.29 is 32.2 Å². The van der Waals surface area contributed by atoms with E-state index in [0.717, 1.165) is 31.7 Å². The normalized spacial score (nSPS) is 22.4. The van der Waals surface area contributed by atoms with Crippen LogP contribution in [0.25, 0.3) is 0 Å². The fourth-order valence-electron chi connectivity index (χ4n) is 5.42. The van der Waals surface area contributed by atoms with Gasteiger partial charge < -0.3 is 19.7 Å². The van der Waals surface area contributed by atoms with Gasteiger partial charge >= 0.3 is 6.18 Å². The molecular weight excluding hydrogens is 489 g/mol. The molecule has 198 valence electrons. The van der Waals surface area contributed by atoms with E-state index in [9.17, 15) is 22.8 Å². The number of benzene rings is 1. The third kappa shape index (κ3) is 5.33. The van der Waals surface area contributed by atoms with Gasteiger partial charge in [-0.2, -0.15) is 13.2 Å². The molecule has 8 nitrogen and oxygen atoms in total. The van der Waals surface area contributed by atoms with Gasteiger partial charge in [0.15, 0.2) is 11.6 Å². The fourth-order valence-corrected chi connectivity index (χ4v) is 5.42. The first-order valence-electron chi connectivity index (χ1n) is 12.5. The lowest BCUT2D eigenvalue weighted by Gasteiger charge is -2.29. The van der Waals surface area contributed by atoms with E-state index in [-0.39, 0.29) is 35.5 Å². The fraction of sp³-hybridized carbons (Fsp3) is 0.538. The summed E-state index contributed by atoms with van der Waals surface area (Å²) in [6.45, 7) is 3.66. The van der Waals surface area contributed by atoms with Gasteiger partial charge in [-0.05, 0) is 43.9 Å². The molecule has 1 aromatic carbocycles. The Morgan fingerprint density at radius 3 is 2.59 bits per heavy atom. The smallest absolute Gasteiger partial charge is 0.347 e. The van der Waals surface area contributed by atoms with Crippen molar-refractivity contribution in [2.24, 2.45) is 5.92 Å². The first-order chi connectivity index (χ1) is 17.5. The van der Waals surface area contributed by atoms with Gasteiger partial charge in [0.05, 0.1) is 30.3 Å². The highest BCUT2D eigenvalue weighted by Gasteiger charge is 2.43. The van der Waals surface area contributed by atoms with Gasteiger partial charge in [-0.3, -0.25) is 14.6 Å². The van der Waals surface area contributed by atoms with Gasteiger partial charge in [0.1, 0.15) is 12.1 Å². The van der Waals surface area contributed by atoms with E-state index in [0.29, 0.717) is 18.7 Å². The number of hydrogen-bond donors (Lipinski definition) is 1. The van der Waals surface area contributed by atoms with Crippen LogP contribution in [-0.4, -0.2) is 45.1 Å². The molecule has 2 atom stereocenters. The summed E-state index contributed by atoms with van der Waals surface area (Å²) in [7, 11) is 0. The van der Waals surface area contributed by atoms with Crippen LogP contribution >= 0.6 is 0 Å². The van der Waals surface area contributed by atoms with Crippen LogP contribution in [0.1, 0.15) is 79.2 Å². The molecule has 2 aromatic rings. The minimum atomic E-state index is -4.59. The number of fused-ring (bicyclic) bond motifs is 1. The minimum Gasteiger partial charge on any atom is -0.347 e. The molecule has 2 fully saturated rings. The molecule has 3 aliphatic rings.